The fourth-order valence-corrected chi connectivity index (χ4v) is 4.58. The fourth-order valence-electron chi connectivity index (χ4n) is 4.58. The van der Waals surface area contributed by atoms with Gasteiger partial charge in [-0.05, 0) is 58.4 Å². The Labute approximate surface area is 135 Å². The van der Waals surface area contributed by atoms with Crippen molar-refractivity contribution in [3.8, 4) is 0 Å². The highest BCUT2D eigenvalue weighted by atomic mass is 16.5. The molecule has 22 heavy (non-hydrogen) atoms. The number of carbonyl (C=O) groups is 1. The standard InChI is InChI=1S/C18H32N2O2/c1-3-15(2)19-11-5-8-18(10-12-19)9-7-17(21)20(18)14-16-6-4-13-22-16/h15-16H,3-14H2,1-2H3/t15-,16+,18-/m0/s1. The maximum atomic E-state index is 12.5. The second-order valence-electron chi connectivity index (χ2n) is 7.51. The van der Waals surface area contributed by atoms with Gasteiger partial charge in [0.1, 0.15) is 0 Å². The third-order valence-corrected chi connectivity index (χ3v) is 6.25. The molecule has 0 saturated carbocycles. The van der Waals surface area contributed by atoms with Crippen LogP contribution in [0.15, 0.2) is 0 Å². The molecule has 126 valence electrons. The van der Waals surface area contributed by atoms with Gasteiger partial charge in [0.2, 0.25) is 5.91 Å². The van der Waals surface area contributed by atoms with E-state index in [0.717, 1.165) is 51.8 Å². The number of nitrogens with zero attached hydrogens (tertiary/aromatic N) is 2. The number of amides is 1. The van der Waals surface area contributed by atoms with Gasteiger partial charge in [0, 0.05) is 37.7 Å². The van der Waals surface area contributed by atoms with Crippen LogP contribution in [0.25, 0.3) is 0 Å². The van der Waals surface area contributed by atoms with Crippen molar-refractivity contribution in [2.24, 2.45) is 0 Å². The summed E-state index contributed by atoms with van der Waals surface area (Å²) in [5, 5.41) is 0. The Balaban J connectivity index is 1.68. The lowest BCUT2D eigenvalue weighted by molar-refractivity contribution is -0.133. The lowest BCUT2D eigenvalue weighted by Crippen LogP contribution is -2.49. The summed E-state index contributed by atoms with van der Waals surface area (Å²) in [6.07, 6.45) is 9.13. The summed E-state index contributed by atoms with van der Waals surface area (Å²) in [6, 6.07) is 0.666. The molecular formula is C18H32N2O2. The van der Waals surface area contributed by atoms with Crippen LogP contribution in [0, 0.1) is 0 Å². The van der Waals surface area contributed by atoms with Crippen molar-refractivity contribution in [2.45, 2.75) is 82.9 Å². The predicted molar refractivity (Wildman–Crippen MR) is 87.8 cm³/mol. The summed E-state index contributed by atoms with van der Waals surface area (Å²) in [5.41, 5.74) is 0.130. The van der Waals surface area contributed by atoms with Gasteiger partial charge in [-0.3, -0.25) is 4.79 Å². The molecule has 3 aliphatic rings. The van der Waals surface area contributed by atoms with Crippen LogP contribution in [0.3, 0.4) is 0 Å². The first kappa shape index (κ1) is 16.3. The molecule has 3 rings (SSSR count). The Kier molecular flexibility index (Phi) is 5.08. The van der Waals surface area contributed by atoms with Gasteiger partial charge >= 0.3 is 0 Å². The van der Waals surface area contributed by atoms with Crippen molar-refractivity contribution < 1.29 is 9.53 Å². The molecule has 0 aromatic rings. The largest absolute Gasteiger partial charge is 0.376 e. The maximum absolute atomic E-state index is 12.5. The van der Waals surface area contributed by atoms with Crippen molar-refractivity contribution in [1.82, 2.24) is 9.80 Å². The molecule has 3 heterocycles. The van der Waals surface area contributed by atoms with Crippen molar-refractivity contribution >= 4 is 5.91 Å². The summed E-state index contributed by atoms with van der Waals surface area (Å²) in [4.78, 5) is 17.3. The van der Waals surface area contributed by atoms with Gasteiger partial charge in [-0.1, -0.05) is 6.92 Å². The first-order valence-corrected chi connectivity index (χ1v) is 9.31. The molecule has 0 unspecified atom stereocenters. The smallest absolute Gasteiger partial charge is 0.223 e. The molecular weight excluding hydrogens is 276 g/mol. The van der Waals surface area contributed by atoms with E-state index >= 15 is 0 Å². The number of rotatable bonds is 4. The second-order valence-corrected chi connectivity index (χ2v) is 7.51. The van der Waals surface area contributed by atoms with E-state index in [4.69, 9.17) is 4.74 Å². The molecule has 0 radical (unpaired) electrons. The minimum atomic E-state index is 0.130. The Morgan fingerprint density at radius 2 is 2.14 bits per heavy atom. The van der Waals surface area contributed by atoms with E-state index in [1.807, 2.05) is 0 Å². The van der Waals surface area contributed by atoms with Crippen LogP contribution in [0.4, 0.5) is 0 Å². The van der Waals surface area contributed by atoms with Gasteiger partial charge in [-0.25, -0.2) is 0 Å². The molecule has 3 atom stereocenters. The average molecular weight is 308 g/mol. The molecule has 4 heteroatoms. The zero-order chi connectivity index (χ0) is 15.6. The van der Waals surface area contributed by atoms with Gasteiger partial charge in [0.25, 0.3) is 0 Å². The Morgan fingerprint density at radius 3 is 2.86 bits per heavy atom. The topological polar surface area (TPSA) is 32.8 Å². The minimum Gasteiger partial charge on any atom is -0.376 e. The van der Waals surface area contributed by atoms with Gasteiger partial charge in [-0.15, -0.1) is 0 Å². The highest BCUT2D eigenvalue weighted by Crippen LogP contribution is 2.40. The van der Waals surface area contributed by atoms with Crippen LogP contribution in [0.2, 0.25) is 0 Å². The number of hydrogen-bond donors (Lipinski definition) is 0. The summed E-state index contributed by atoms with van der Waals surface area (Å²) in [7, 11) is 0. The van der Waals surface area contributed by atoms with Crippen LogP contribution in [0.1, 0.15) is 65.2 Å². The second kappa shape index (κ2) is 6.88. The molecule has 0 N–H and O–H groups in total. The first-order valence-electron chi connectivity index (χ1n) is 9.31. The Morgan fingerprint density at radius 1 is 1.27 bits per heavy atom. The van der Waals surface area contributed by atoms with Crippen molar-refractivity contribution in [3.05, 3.63) is 0 Å². The molecule has 0 aliphatic carbocycles. The van der Waals surface area contributed by atoms with Crippen LogP contribution in [0.5, 0.6) is 0 Å². The molecule has 0 aromatic heterocycles. The first-order chi connectivity index (χ1) is 10.6. The SMILES string of the molecule is CC[C@H](C)N1CCC[C@]2(CCC(=O)N2C[C@H]2CCCO2)CC1. The third kappa shape index (κ3) is 3.18. The molecule has 3 fully saturated rings. The zero-order valence-corrected chi connectivity index (χ0v) is 14.4. The van der Waals surface area contributed by atoms with E-state index in [1.54, 1.807) is 0 Å². The minimum absolute atomic E-state index is 0.130. The van der Waals surface area contributed by atoms with Crippen LogP contribution in [-0.2, 0) is 9.53 Å². The van der Waals surface area contributed by atoms with E-state index in [2.05, 4.69) is 23.6 Å². The number of hydrogen-bond acceptors (Lipinski definition) is 3. The van der Waals surface area contributed by atoms with Gasteiger partial charge < -0.3 is 14.5 Å². The molecule has 1 spiro atoms. The van der Waals surface area contributed by atoms with Gasteiger partial charge in [0.15, 0.2) is 0 Å². The van der Waals surface area contributed by atoms with E-state index in [1.165, 1.54) is 25.8 Å². The zero-order valence-electron chi connectivity index (χ0n) is 14.4. The fraction of sp³-hybridized carbons (Fsp3) is 0.944. The lowest BCUT2D eigenvalue weighted by Gasteiger charge is -2.39. The van der Waals surface area contributed by atoms with E-state index in [0.29, 0.717) is 11.9 Å². The predicted octanol–water partition coefficient (Wildman–Crippen LogP) is 2.81. The number of likely N-dealkylation sites (tertiary alicyclic amines) is 2. The Hall–Kier alpha value is -0.610. The Bertz CT molecular complexity index is 395. The molecule has 4 nitrogen and oxygen atoms in total. The maximum Gasteiger partial charge on any atom is 0.223 e. The monoisotopic (exact) mass is 308 g/mol. The molecule has 0 aromatic carbocycles. The normalized spacial score (nSPS) is 35.3. The molecule has 0 bridgehead atoms. The summed E-state index contributed by atoms with van der Waals surface area (Å²) < 4.78 is 5.80. The van der Waals surface area contributed by atoms with Crippen molar-refractivity contribution in [1.29, 1.82) is 0 Å². The van der Waals surface area contributed by atoms with E-state index in [-0.39, 0.29) is 11.6 Å². The average Bonchev–Trinajstić information content (AvgIpc) is 3.07. The molecule has 1 amide bonds. The van der Waals surface area contributed by atoms with E-state index in [9.17, 15) is 4.79 Å². The third-order valence-electron chi connectivity index (χ3n) is 6.25. The van der Waals surface area contributed by atoms with E-state index < -0.39 is 0 Å². The number of ether oxygens (including phenoxy) is 1. The number of carbonyl (C=O) groups excluding carboxylic acids is 1. The van der Waals surface area contributed by atoms with Crippen molar-refractivity contribution in [3.63, 3.8) is 0 Å². The van der Waals surface area contributed by atoms with Crippen molar-refractivity contribution in [2.75, 3.05) is 26.2 Å². The summed E-state index contributed by atoms with van der Waals surface area (Å²) in [6.45, 7) is 8.66. The van der Waals surface area contributed by atoms with Crippen LogP contribution in [-0.4, -0.2) is 59.6 Å². The van der Waals surface area contributed by atoms with Crippen LogP contribution < -0.4 is 0 Å². The van der Waals surface area contributed by atoms with Crippen LogP contribution >= 0.6 is 0 Å². The summed E-state index contributed by atoms with van der Waals surface area (Å²) >= 11 is 0. The highest BCUT2D eigenvalue weighted by Gasteiger charge is 2.46. The summed E-state index contributed by atoms with van der Waals surface area (Å²) in [5.74, 6) is 0.368. The highest BCUT2D eigenvalue weighted by molar-refractivity contribution is 5.79. The molecule has 3 saturated heterocycles. The molecule has 3 aliphatic heterocycles. The van der Waals surface area contributed by atoms with Gasteiger partial charge in [0.05, 0.1) is 6.10 Å². The quantitative estimate of drug-likeness (QED) is 0.800. The lowest BCUT2D eigenvalue weighted by atomic mass is 9.87. The van der Waals surface area contributed by atoms with Gasteiger partial charge in [-0.2, -0.15) is 0 Å².